The fourth-order valence-electron chi connectivity index (χ4n) is 2.00. The molecule has 2 nitrogen and oxygen atoms in total. The van der Waals surface area contributed by atoms with Gasteiger partial charge in [0.1, 0.15) is 5.75 Å². The lowest BCUT2D eigenvalue weighted by atomic mass is 10.0. The van der Waals surface area contributed by atoms with Gasteiger partial charge in [-0.25, -0.2) is 0 Å². The number of benzene rings is 1. The minimum Gasteiger partial charge on any atom is -0.496 e. The summed E-state index contributed by atoms with van der Waals surface area (Å²) in [6.07, 6.45) is 2.22. The Morgan fingerprint density at radius 1 is 1.24 bits per heavy atom. The van der Waals surface area contributed by atoms with Crippen LogP contribution in [0.15, 0.2) is 12.1 Å². The van der Waals surface area contributed by atoms with Crippen molar-refractivity contribution in [2.24, 2.45) is 0 Å². The minimum atomic E-state index is 0.566. The Labute approximate surface area is 105 Å². The monoisotopic (exact) mass is 235 g/mol. The third-order valence-electron chi connectivity index (χ3n) is 3.14. The Morgan fingerprint density at radius 2 is 1.94 bits per heavy atom. The highest BCUT2D eigenvalue weighted by Crippen LogP contribution is 2.26. The summed E-state index contributed by atoms with van der Waals surface area (Å²) < 4.78 is 5.51. The first-order valence-corrected chi connectivity index (χ1v) is 6.42. The third kappa shape index (κ3) is 4.04. The second-order valence-electron chi connectivity index (χ2n) is 4.91. The Kier molecular flexibility index (Phi) is 5.49. The van der Waals surface area contributed by atoms with Gasteiger partial charge < -0.3 is 10.1 Å². The highest BCUT2D eigenvalue weighted by Gasteiger charge is 2.07. The van der Waals surface area contributed by atoms with Crippen LogP contribution in [0.5, 0.6) is 5.75 Å². The molecule has 0 aromatic heterocycles. The van der Waals surface area contributed by atoms with Gasteiger partial charge in [0, 0.05) is 6.04 Å². The number of methoxy groups -OCH3 is 1. The zero-order valence-electron chi connectivity index (χ0n) is 11.8. The van der Waals surface area contributed by atoms with Gasteiger partial charge in [0.25, 0.3) is 0 Å². The van der Waals surface area contributed by atoms with Crippen molar-refractivity contribution in [3.05, 3.63) is 28.8 Å². The maximum Gasteiger partial charge on any atom is 0.125 e. The normalized spacial score (nSPS) is 10.9. The number of hydrogen-bond acceptors (Lipinski definition) is 2. The fourth-order valence-corrected chi connectivity index (χ4v) is 2.00. The van der Waals surface area contributed by atoms with E-state index in [1.807, 2.05) is 0 Å². The van der Waals surface area contributed by atoms with Crippen molar-refractivity contribution >= 4 is 0 Å². The molecule has 0 amide bonds. The summed E-state index contributed by atoms with van der Waals surface area (Å²) in [4.78, 5) is 0. The SMILES string of the molecule is COc1c(CCCNC(C)C)ccc(C)c1C. The van der Waals surface area contributed by atoms with Gasteiger partial charge in [-0.05, 0) is 49.9 Å². The number of nitrogens with one attached hydrogen (secondary N) is 1. The molecule has 17 heavy (non-hydrogen) atoms. The Bertz CT molecular complexity index is 358. The Morgan fingerprint density at radius 3 is 2.53 bits per heavy atom. The summed E-state index contributed by atoms with van der Waals surface area (Å²) in [5.41, 5.74) is 3.88. The molecule has 0 spiro atoms. The molecule has 1 rings (SSSR count). The van der Waals surface area contributed by atoms with E-state index >= 15 is 0 Å². The van der Waals surface area contributed by atoms with E-state index in [4.69, 9.17) is 4.74 Å². The van der Waals surface area contributed by atoms with Crippen molar-refractivity contribution in [1.29, 1.82) is 0 Å². The summed E-state index contributed by atoms with van der Waals surface area (Å²) in [7, 11) is 1.76. The Balaban J connectivity index is 2.62. The van der Waals surface area contributed by atoms with Gasteiger partial charge in [-0.3, -0.25) is 0 Å². The van der Waals surface area contributed by atoms with E-state index in [9.17, 15) is 0 Å². The summed E-state index contributed by atoms with van der Waals surface area (Å²) in [6.45, 7) is 9.67. The second-order valence-corrected chi connectivity index (χ2v) is 4.91. The molecule has 1 aromatic rings. The summed E-state index contributed by atoms with van der Waals surface area (Å²) in [6, 6.07) is 4.94. The number of rotatable bonds is 6. The van der Waals surface area contributed by atoms with Gasteiger partial charge in [0.05, 0.1) is 7.11 Å². The lowest BCUT2D eigenvalue weighted by molar-refractivity contribution is 0.405. The zero-order valence-corrected chi connectivity index (χ0v) is 11.8. The maximum absolute atomic E-state index is 5.51. The second kappa shape index (κ2) is 6.65. The third-order valence-corrected chi connectivity index (χ3v) is 3.14. The van der Waals surface area contributed by atoms with Crippen LogP contribution < -0.4 is 10.1 Å². The van der Waals surface area contributed by atoms with Crippen molar-refractivity contribution in [1.82, 2.24) is 5.32 Å². The topological polar surface area (TPSA) is 21.3 Å². The summed E-state index contributed by atoms with van der Waals surface area (Å²) in [5, 5.41) is 3.44. The van der Waals surface area contributed by atoms with Crippen LogP contribution in [0, 0.1) is 13.8 Å². The van der Waals surface area contributed by atoms with Crippen LogP contribution in [-0.4, -0.2) is 19.7 Å². The molecule has 0 aliphatic rings. The molecule has 2 heteroatoms. The van der Waals surface area contributed by atoms with Gasteiger partial charge in [0.15, 0.2) is 0 Å². The molecule has 0 aliphatic heterocycles. The van der Waals surface area contributed by atoms with Crippen LogP contribution in [0.3, 0.4) is 0 Å². The van der Waals surface area contributed by atoms with Crippen molar-refractivity contribution in [3.8, 4) is 5.75 Å². The molecule has 1 N–H and O–H groups in total. The molecular weight excluding hydrogens is 210 g/mol. The number of hydrogen-bond donors (Lipinski definition) is 1. The predicted octanol–water partition coefficient (Wildman–Crippen LogP) is 3.24. The van der Waals surface area contributed by atoms with Gasteiger partial charge in [-0.15, -0.1) is 0 Å². The van der Waals surface area contributed by atoms with Crippen LogP contribution >= 0.6 is 0 Å². The molecule has 0 bridgehead atoms. The zero-order chi connectivity index (χ0) is 12.8. The lowest BCUT2D eigenvalue weighted by Crippen LogP contribution is -2.23. The minimum absolute atomic E-state index is 0.566. The van der Waals surface area contributed by atoms with Crippen molar-refractivity contribution in [2.45, 2.75) is 46.6 Å². The molecule has 0 saturated heterocycles. The van der Waals surface area contributed by atoms with E-state index in [0.29, 0.717) is 6.04 Å². The van der Waals surface area contributed by atoms with Gasteiger partial charge in [-0.2, -0.15) is 0 Å². The molecule has 0 saturated carbocycles. The molecular formula is C15H25NO. The van der Waals surface area contributed by atoms with Crippen LogP contribution in [0.25, 0.3) is 0 Å². The van der Waals surface area contributed by atoms with E-state index in [0.717, 1.165) is 25.1 Å². The molecule has 0 unspecified atom stereocenters. The van der Waals surface area contributed by atoms with Crippen LogP contribution in [0.4, 0.5) is 0 Å². The molecule has 0 fully saturated rings. The molecule has 1 aromatic carbocycles. The van der Waals surface area contributed by atoms with E-state index in [1.165, 1.54) is 16.7 Å². The quantitative estimate of drug-likeness (QED) is 0.764. The summed E-state index contributed by atoms with van der Waals surface area (Å²) >= 11 is 0. The van der Waals surface area contributed by atoms with Crippen molar-refractivity contribution < 1.29 is 4.74 Å². The molecule has 96 valence electrons. The standard InChI is InChI=1S/C15H25NO/c1-11(2)16-10-6-7-14-9-8-12(3)13(4)15(14)17-5/h8-9,11,16H,6-7,10H2,1-5H3. The Hall–Kier alpha value is -1.02. The molecule has 0 atom stereocenters. The first-order chi connectivity index (χ1) is 8.06. The van der Waals surface area contributed by atoms with Crippen LogP contribution in [0.1, 0.15) is 37.0 Å². The van der Waals surface area contributed by atoms with E-state index in [-0.39, 0.29) is 0 Å². The molecule has 0 radical (unpaired) electrons. The first kappa shape index (κ1) is 14.0. The average Bonchev–Trinajstić information content (AvgIpc) is 2.29. The smallest absolute Gasteiger partial charge is 0.125 e. The van der Waals surface area contributed by atoms with Gasteiger partial charge in [0.2, 0.25) is 0 Å². The first-order valence-electron chi connectivity index (χ1n) is 6.42. The number of ether oxygens (including phenoxy) is 1. The fraction of sp³-hybridized carbons (Fsp3) is 0.600. The van der Waals surface area contributed by atoms with Crippen molar-refractivity contribution in [2.75, 3.05) is 13.7 Å². The van der Waals surface area contributed by atoms with Crippen molar-refractivity contribution in [3.63, 3.8) is 0 Å². The van der Waals surface area contributed by atoms with E-state index < -0.39 is 0 Å². The van der Waals surface area contributed by atoms with Crippen LogP contribution in [-0.2, 0) is 6.42 Å². The van der Waals surface area contributed by atoms with Gasteiger partial charge >= 0.3 is 0 Å². The largest absolute Gasteiger partial charge is 0.496 e. The summed E-state index contributed by atoms with van der Waals surface area (Å²) in [5.74, 6) is 1.06. The predicted molar refractivity (Wildman–Crippen MR) is 73.9 cm³/mol. The highest BCUT2D eigenvalue weighted by molar-refractivity contribution is 5.45. The highest BCUT2D eigenvalue weighted by atomic mass is 16.5. The van der Waals surface area contributed by atoms with Gasteiger partial charge in [-0.1, -0.05) is 26.0 Å². The number of aryl methyl sites for hydroxylation is 2. The average molecular weight is 235 g/mol. The maximum atomic E-state index is 5.51. The molecule has 0 aliphatic carbocycles. The lowest BCUT2D eigenvalue weighted by Gasteiger charge is -2.14. The van der Waals surface area contributed by atoms with E-state index in [1.54, 1.807) is 7.11 Å². The van der Waals surface area contributed by atoms with Crippen LogP contribution in [0.2, 0.25) is 0 Å². The molecule has 0 heterocycles. The van der Waals surface area contributed by atoms with E-state index in [2.05, 4.69) is 45.1 Å².